The van der Waals surface area contributed by atoms with Crippen LogP contribution < -0.4 is 29.3 Å². The van der Waals surface area contributed by atoms with Crippen molar-refractivity contribution in [1.29, 1.82) is 0 Å². The summed E-state index contributed by atoms with van der Waals surface area (Å²) in [5, 5.41) is 0. The molecule has 0 radical (unpaired) electrons. The Morgan fingerprint density at radius 1 is 1.19 bits per heavy atom. The lowest BCUT2D eigenvalue weighted by molar-refractivity contribution is -0.139. The second kappa shape index (κ2) is 9.31. The van der Waals surface area contributed by atoms with Gasteiger partial charge in [0.15, 0.2) is 16.3 Å². The molecule has 2 aliphatic rings. The van der Waals surface area contributed by atoms with Crippen LogP contribution in [0.5, 0.6) is 11.5 Å². The summed E-state index contributed by atoms with van der Waals surface area (Å²) < 4.78 is 18.5. The number of hydrogen-bond donors (Lipinski definition) is 0. The van der Waals surface area contributed by atoms with Crippen molar-refractivity contribution in [2.24, 2.45) is 4.99 Å². The maximum atomic E-state index is 13.8. The van der Waals surface area contributed by atoms with Gasteiger partial charge in [0, 0.05) is 19.8 Å². The summed E-state index contributed by atoms with van der Waals surface area (Å²) in [4.78, 5) is 34.0. The number of esters is 1. The Bertz CT molecular complexity index is 1560. The zero-order valence-corrected chi connectivity index (χ0v) is 21.6. The molecule has 2 aromatic carbocycles. The number of carbonyl (C=O) groups excluding carboxylic acids is 1. The Hall–Kier alpha value is -3.85. The lowest BCUT2D eigenvalue weighted by Gasteiger charge is -2.25. The summed E-state index contributed by atoms with van der Waals surface area (Å²) >= 11 is 1.30. The number of ether oxygens (including phenoxy) is 3. The van der Waals surface area contributed by atoms with Crippen LogP contribution in [-0.2, 0) is 9.53 Å². The quantitative estimate of drug-likeness (QED) is 0.496. The van der Waals surface area contributed by atoms with Gasteiger partial charge in [0.25, 0.3) is 5.56 Å². The van der Waals surface area contributed by atoms with E-state index < -0.39 is 12.0 Å². The molecule has 3 aromatic rings. The molecule has 1 aromatic heterocycles. The van der Waals surface area contributed by atoms with Crippen molar-refractivity contribution < 1.29 is 19.0 Å². The number of allylic oxidation sites excluding steroid dienone is 1. The van der Waals surface area contributed by atoms with Gasteiger partial charge in [-0.25, -0.2) is 9.79 Å². The minimum atomic E-state index is -0.642. The van der Waals surface area contributed by atoms with E-state index in [9.17, 15) is 9.59 Å². The SMILES string of the molecule is CCOC(=O)C1=C(C)N=c2s/c(=C/c3cc4c(cc3C)OCO4)c(=O)n2C1c1ccc(N(C)C)cc1. The molecule has 0 aliphatic carbocycles. The normalized spacial score (nSPS) is 16.6. The number of fused-ring (bicyclic) bond motifs is 2. The molecule has 0 amide bonds. The highest BCUT2D eigenvalue weighted by molar-refractivity contribution is 7.07. The van der Waals surface area contributed by atoms with Gasteiger partial charge < -0.3 is 19.1 Å². The third-order valence-electron chi connectivity index (χ3n) is 6.29. The van der Waals surface area contributed by atoms with Gasteiger partial charge in [0.2, 0.25) is 6.79 Å². The molecule has 9 heteroatoms. The van der Waals surface area contributed by atoms with Crippen LogP contribution in [0.1, 0.15) is 36.6 Å². The first-order valence-electron chi connectivity index (χ1n) is 11.7. The maximum Gasteiger partial charge on any atom is 0.338 e. The van der Waals surface area contributed by atoms with E-state index >= 15 is 0 Å². The topological polar surface area (TPSA) is 82.4 Å². The molecule has 0 bridgehead atoms. The average molecular weight is 506 g/mol. The highest BCUT2D eigenvalue weighted by Crippen LogP contribution is 2.35. The number of hydrogen-bond acceptors (Lipinski definition) is 8. The third-order valence-corrected chi connectivity index (χ3v) is 7.27. The van der Waals surface area contributed by atoms with E-state index in [2.05, 4.69) is 4.99 Å². The molecule has 1 atom stereocenters. The number of anilines is 1. The van der Waals surface area contributed by atoms with Crippen LogP contribution in [0.3, 0.4) is 0 Å². The van der Waals surface area contributed by atoms with Gasteiger partial charge in [-0.15, -0.1) is 0 Å². The molecule has 0 saturated carbocycles. The van der Waals surface area contributed by atoms with Crippen LogP contribution in [0.2, 0.25) is 0 Å². The maximum absolute atomic E-state index is 13.8. The first-order chi connectivity index (χ1) is 17.3. The van der Waals surface area contributed by atoms with Crippen LogP contribution in [0, 0.1) is 6.92 Å². The molecule has 2 aliphatic heterocycles. The van der Waals surface area contributed by atoms with Crippen LogP contribution in [0.15, 0.2) is 57.5 Å². The second-order valence-corrected chi connectivity index (χ2v) is 9.86. The monoisotopic (exact) mass is 505 g/mol. The number of aryl methyl sites for hydroxylation is 1. The molecule has 1 unspecified atom stereocenters. The smallest absolute Gasteiger partial charge is 0.338 e. The highest BCUT2D eigenvalue weighted by Gasteiger charge is 2.33. The predicted octanol–water partition coefficient (Wildman–Crippen LogP) is 2.90. The van der Waals surface area contributed by atoms with Crippen LogP contribution in [0.25, 0.3) is 6.08 Å². The number of rotatable bonds is 5. The fourth-order valence-electron chi connectivity index (χ4n) is 4.42. The van der Waals surface area contributed by atoms with Gasteiger partial charge >= 0.3 is 5.97 Å². The van der Waals surface area contributed by atoms with E-state index in [1.165, 1.54) is 11.3 Å². The molecule has 8 nitrogen and oxygen atoms in total. The second-order valence-electron chi connectivity index (χ2n) is 8.85. The largest absolute Gasteiger partial charge is 0.463 e. The lowest BCUT2D eigenvalue weighted by atomic mass is 9.95. The fourth-order valence-corrected chi connectivity index (χ4v) is 5.46. The van der Waals surface area contributed by atoms with Crippen LogP contribution in [0.4, 0.5) is 5.69 Å². The summed E-state index contributed by atoms with van der Waals surface area (Å²) in [5.74, 6) is 0.877. The van der Waals surface area contributed by atoms with Crippen molar-refractivity contribution in [2.75, 3.05) is 32.4 Å². The summed E-state index contributed by atoms with van der Waals surface area (Å²) in [6, 6.07) is 11.0. The lowest BCUT2D eigenvalue weighted by Crippen LogP contribution is -2.40. The van der Waals surface area contributed by atoms with Gasteiger partial charge in [0.1, 0.15) is 0 Å². The zero-order chi connectivity index (χ0) is 25.6. The standard InChI is InChI=1S/C27H27N3O5S/c1-6-33-26(32)23-16(3)28-27-30(24(23)17-7-9-19(10-8-17)29(4)5)25(31)22(36-27)13-18-12-21-20(11-15(18)2)34-14-35-21/h7-13,24H,6,14H2,1-5H3/b22-13+. The van der Waals surface area contributed by atoms with E-state index in [0.29, 0.717) is 32.1 Å². The minimum Gasteiger partial charge on any atom is -0.463 e. The Balaban J connectivity index is 1.69. The number of carbonyl (C=O) groups is 1. The van der Waals surface area contributed by atoms with Crippen molar-refractivity contribution in [3.05, 3.63) is 84.0 Å². The molecule has 186 valence electrons. The Kier molecular flexibility index (Phi) is 6.17. The molecular formula is C27H27N3O5S. The van der Waals surface area contributed by atoms with Crippen molar-refractivity contribution in [3.63, 3.8) is 0 Å². The average Bonchev–Trinajstić information content (AvgIpc) is 3.42. The van der Waals surface area contributed by atoms with Crippen LogP contribution in [-0.4, -0.2) is 38.0 Å². The van der Waals surface area contributed by atoms with Gasteiger partial charge in [-0.1, -0.05) is 23.5 Å². The minimum absolute atomic E-state index is 0.183. The molecule has 0 saturated heterocycles. The van der Waals surface area contributed by atoms with Gasteiger partial charge in [0.05, 0.1) is 28.5 Å². The van der Waals surface area contributed by atoms with Crippen LogP contribution >= 0.6 is 11.3 Å². The van der Waals surface area contributed by atoms with E-state index in [0.717, 1.165) is 22.4 Å². The van der Waals surface area contributed by atoms with Crippen molar-refractivity contribution in [1.82, 2.24) is 4.57 Å². The molecule has 0 N–H and O–H groups in total. The van der Waals surface area contributed by atoms with Gasteiger partial charge in [-0.2, -0.15) is 0 Å². The fraction of sp³-hybridized carbons (Fsp3) is 0.296. The first kappa shape index (κ1) is 23.9. The third kappa shape index (κ3) is 4.09. The zero-order valence-electron chi connectivity index (χ0n) is 20.8. The van der Waals surface area contributed by atoms with E-state index in [4.69, 9.17) is 14.2 Å². The van der Waals surface area contributed by atoms with Crippen molar-refractivity contribution in [3.8, 4) is 11.5 Å². The van der Waals surface area contributed by atoms with Gasteiger partial charge in [-0.3, -0.25) is 9.36 Å². The number of aromatic nitrogens is 1. The Labute approximate surface area is 212 Å². The number of benzene rings is 2. The first-order valence-corrected chi connectivity index (χ1v) is 12.5. The van der Waals surface area contributed by atoms with Crippen molar-refractivity contribution >= 4 is 29.1 Å². The summed E-state index contributed by atoms with van der Waals surface area (Å²) in [7, 11) is 3.93. The van der Waals surface area contributed by atoms with E-state index in [1.807, 2.05) is 68.4 Å². The summed E-state index contributed by atoms with van der Waals surface area (Å²) in [5.41, 5.74) is 4.34. The van der Waals surface area contributed by atoms with Gasteiger partial charge in [-0.05, 0) is 67.8 Å². The molecule has 0 spiro atoms. The van der Waals surface area contributed by atoms with Crippen molar-refractivity contribution in [2.45, 2.75) is 26.8 Å². The highest BCUT2D eigenvalue weighted by atomic mass is 32.1. The molecular weight excluding hydrogens is 478 g/mol. The Morgan fingerprint density at radius 2 is 1.89 bits per heavy atom. The Morgan fingerprint density at radius 3 is 2.56 bits per heavy atom. The van der Waals surface area contributed by atoms with E-state index in [-0.39, 0.29) is 19.0 Å². The molecule has 3 heterocycles. The van der Waals surface area contributed by atoms with E-state index in [1.54, 1.807) is 18.4 Å². The molecule has 0 fully saturated rings. The molecule has 5 rings (SSSR count). The number of nitrogens with zero attached hydrogens (tertiary/aromatic N) is 3. The molecule has 36 heavy (non-hydrogen) atoms. The summed E-state index contributed by atoms with van der Waals surface area (Å²) in [6.07, 6.45) is 1.84. The summed E-state index contributed by atoms with van der Waals surface area (Å²) in [6.45, 7) is 5.92. The predicted molar refractivity (Wildman–Crippen MR) is 138 cm³/mol. The number of thiazole rings is 1.